The fraction of sp³-hybridized carbons (Fsp3) is 0.167. The Morgan fingerprint density at radius 1 is 1.19 bits per heavy atom. The number of halogens is 1. The highest BCUT2D eigenvalue weighted by Crippen LogP contribution is 2.41. The fourth-order valence-electron chi connectivity index (χ4n) is 3.20. The lowest BCUT2D eigenvalue weighted by atomic mass is 10.0. The average Bonchev–Trinajstić information content (AvgIpc) is 3.08. The van der Waals surface area contributed by atoms with Crippen molar-refractivity contribution < 1.29 is 19.1 Å². The van der Waals surface area contributed by atoms with Gasteiger partial charge in [0.2, 0.25) is 0 Å². The van der Waals surface area contributed by atoms with Gasteiger partial charge in [-0.3, -0.25) is 4.79 Å². The summed E-state index contributed by atoms with van der Waals surface area (Å²) in [7, 11) is 1.31. The van der Waals surface area contributed by atoms with Gasteiger partial charge in [0.15, 0.2) is 6.61 Å². The highest BCUT2D eigenvalue weighted by atomic mass is 35.5. The van der Waals surface area contributed by atoms with E-state index < -0.39 is 5.97 Å². The summed E-state index contributed by atoms with van der Waals surface area (Å²) < 4.78 is 10.7. The first-order valence-electron chi connectivity index (χ1n) is 9.53. The van der Waals surface area contributed by atoms with E-state index in [9.17, 15) is 9.59 Å². The van der Waals surface area contributed by atoms with Gasteiger partial charge in [0.05, 0.1) is 7.11 Å². The van der Waals surface area contributed by atoms with E-state index in [2.05, 4.69) is 11.9 Å². The van der Waals surface area contributed by atoms with Gasteiger partial charge in [-0.15, -0.1) is 17.9 Å². The van der Waals surface area contributed by atoms with E-state index in [0.29, 0.717) is 33.3 Å². The number of ether oxygens (including phenoxy) is 2. The number of allylic oxidation sites excluding steroid dienone is 1. The summed E-state index contributed by atoms with van der Waals surface area (Å²) in [5.74, 6) is -0.294. The maximum absolute atomic E-state index is 12.6. The number of amides is 1. The van der Waals surface area contributed by atoms with Gasteiger partial charge in [0, 0.05) is 15.5 Å². The van der Waals surface area contributed by atoms with Gasteiger partial charge in [-0.1, -0.05) is 48.0 Å². The Hall–Kier alpha value is -3.09. The molecule has 0 aliphatic heterocycles. The summed E-state index contributed by atoms with van der Waals surface area (Å²) in [4.78, 5) is 26.0. The maximum atomic E-state index is 12.6. The Kier molecular flexibility index (Phi) is 7.50. The largest absolute Gasteiger partial charge is 0.483 e. The van der Waals surface area contributed by atoms with Crippen LogP contribution in [-0.4, -0.2) is 25.6 Å². The van der Waals surface area contributed by atoms with Crippen LogP contribution in [0.25, 0.3) is 11.1 Å². The minimum atomic E-state index is -0.535. The second-order valence-corrected chi connectivity index (χ2v) is 8.34. The van der Waals surface area contributed by atoms with E-state index >= 15 is 0 Å². The molecule has 7 heteroatoms. The minimum Gasteiger partial charge on any atom is -0.483 e. The number of rotatable bonds is 8. The number of methoxy groups -OCH3 is 1. The average molecular weight is 456 g/mol. The fourth-order valence-corrected chi connectivity index (χ4v) is 4.47. The lowest BCUT2D eigenvalue weighted by molar-refractivity contribution is -0.118. The third-order valence-electron chi connectivity index (χ3n) is 4.54. The SMILES string of the molecule is C=CCc1ccccc1OCC(=O)Nc1sc(C)c(-c2cccc(Cl)c2)c1C(=O)OC. The molecule has 3 aromatic rings. The second kappa shape index (κ2) is 10.3. The molecule has 0 aliphatic carbocycles. The maximum Gasteiger partial charge on any atom is 0.341 e. The topological polar surface area (TPSA) is 64.6 Å². The first kappa shape index (κ1) is 22.6. The number of anilines is 1. The molecule has 1 aromatic heterocycles. The predicted octanol–water partition coefficient (Wildman–Crippen LogP) is 5.91. The van der Waals surface area contributed by atoms with Crippen LogP contribution in [0.5, 0.6) is 5.75 Å². The molecule has 0 aliphatic rings. The molecule has 0 spiro atoms. The molecule has 2 aromatic carbocycles. The third-order valence-corrected chi connectivity index (χ3v) is 5.79. The van der Waals surface area contributed by atoms with Crippen molar-refractivity contribution in [1.29, 1.82) is 0 Å². The van der Waals surface area contributed by atoms with E-state index in [4.69, 9.17) is 21.1 Å². The van der Waals surface area contributed by atoms with Crippen molar-refractivity contribution in [2.75, 3.05) is 19.0 Å². The summed E-state index contributed by atoms with van der Waals surface area (Å²) >= 11 is 7.44. The van der Waals surface area contributed by atoms with Crippen molar-refractivity contribution >= 4 is 39.8 Å². The number of hydrogen-bond acceptors (Lipinski definition) is 5. The zero-order valence-electron chi connectivity index (χ0n) is 17.2. The first-order valence-corrected chi connectivity index (χ1v) is 10.7. The highest BCUT2D eigenvalue weighted by Gasteiger charge is 2.25. The van der Waals surface area contributed by atoms with Gasteiger partial charge in [-0.2, -0.15) is 0 Å². The Bertz CT molecular complexity index is 1120. The number of nitrogens with one attached hydrogen (secondary N) is 1. The van der Waals surface area contributed by atoms with Crippen LogP contribution in [-0.2, 0) is 16.0 Å². The van der Waals surface area contributed by atoms with Crippen LogP contribution in [0.4, 0.5) is 5.00 Å². The van der Waals surface area contributed by atoms with Gasteiger partial charge in [0.25, 0.3) is 5.91 Å². The van der Waals surface area contributed by atoms with Crippen molar-refractivity contribution in [2.45, 2.75) is 13.3 Å². The van der Waals surface area contributed by atoms with E-state index in [0.717, 1.165) is 16.0 Å². The van der Waals surface area contributed by atoms with Gasteiger partial charge >= 0.3 is 5.97 Å². The monoisotopic (exact) mass is 455 g/mol. The number of para-hydroxylation sites is 1. The predicted molar refractivity (Wildman–Crippen MR) is 125 cm³/mol. The number of esters is 1. The van der Waals surface area contributed by atoms with Crippen molar-refractivity contribution in [1.82, 2.24) is 0 Å². The van der Waals surface area contributed by atoms with Crippen molar-refractivity contribution in [3.05, 3.63) is 82.2 Å². The van der Waals surface area contributed by atoms with Crippen LogP contribution < -0.4 is 10.1 Å². The second-order valence-electron chi connectivity index (χ2n) is 6.68. The van der Waals surface area contributed by atoms with E-state index in [1.54, 1.807) is 24.3 Å². The molecule has 0 saturated carbocycles. The Labute approximate surface area is 190 Å². The molecular weight excluding hydrogens is 434 g/mol. The zero-order chi connectivity index (χ0) is 22.4. The lowest BCUT2D eigenvalue weighted by Crippen LogP contribution is -2.21. The van der Waals surface area contributed by atoms with Crippen LogP contribution in [0.1, 0.15) is 20.8 Å². The molecule has 0 saturated heterocycles. The molecule has 0 atom stereocenters. The molecular formula is C24H22ClNO4S. The number of thiophene rings is 1. The third kappa shape index (κ3) is 5.34. The van der Waals surface area contributed by atoms with Gasteiger partial charge < -0.3 is 14.8 Å². The van der Waals surface area contributed by atoms with E-state index in [-0.39, 0.29) is 12.5 Å². The van der Waals surface area contributed by atoms with Gasteiger partial charge in [0.1, 0.15) is 16.3 Å². The highest BCUT2D eigenvalue weighted by molar-refractivity contribution is 7.17. The number of aryl methyl sites for hydroxylation is 1. The molecule has 0 fully saturated rings. The number of carbonyl (C=O) groups is 2. The molecule has 31 heavy (non-hydrogen) atoms. The molecule has 0 unspecified atom stereocenters. The Morgan fingerprint density at radius 3 is 2.68 bits per heavy atom. The molecule has 160 valence electrons. The lowest BCUT2D eigenvalue weighted by Gasteiger charge is -2.11. The Morgan fingerprint density at radius 2 is 1.97 bits per heavy atom. The molecule has 0 radical (unpaired) electrons. The van der Waals surface area contributed by atoms with E-state index in [1.807, 2.05) is 37.3 Å². The van der Waals surface area contributed by atoms with Crippen LogP contribution in [0.15, 0.2) is 61.2 Å². The first-order chi connectivity index (χ1) is 14.9. The Balaban J connectivity index is 1.84. The number of hydrogen-bond donors (Lipinski definition) is 1. The van der Waals surface area contributed by atoms with Gasteiger partial charge in [-0.25, -0.2) is 4.79 Å². The molecule has 5 nitrogen and oxygen atoms in total. The van der Waals surface area contributed by atoms with Crippen LogP contribution >= 0.6 is 22.9 Å². The molecule has 1 amide bonds. The summed E-state index contributed by atoms with van der Waals surface area (Å²) in [5.41, 5.74) is 2.70. The van der Waals surface area contributed by atoms with E-state index in [1.165, 1.54) is 18.4 Å². The summed E-state index contributed by atoms with van der Waals surface area (Å²) in [6.07, 6.45) is 2.41. The van der Waals surface area contributed by atoms with Crippen molar-refractivity contribution in [2.24, 2.45) is 0 Å². The normalized spacial score (nSPS) is 10.4. The van der Waals surface area contributed by atoms with Crippen LogP contribution in [0.2, 0.25) is 5.02 Å². The number of benzene rings is 2. The zero-order valence-corrected chi connectivity index (χ0v) is 18.8. The molecule has 0 bridgehead atoms. The smallest absolute Gasteiger partial charge is 0.341 e. The van der Waals surface area contributed by atoms with Crippen LogP contribution in [0, 0.1) is 6.92 Å². The molecule has 1 N–H and O–H groups in total. The van der Waals surface area contributed by atoms with Crippen molar-refractivity contribution in [3.63, 3.8) is 0 Å². The van der Waals surface area contributed by atoms with Gasteiger partial charge in [-0.05, 0) is 42.7 Å². The minimum absolute atomic E-state index is 0.196. The van der Waals surface area contributed by atoms with Crippen molar-refractivity contribution in [3.8, 4) is 16.9 Å². The summed E-state index contributed by atoms with van der Waals surface area (Å²) in [6.45, 7) is 5.42. The summed E-state index contributed by atoms with van der Waals surface area (Å²) in [5, 5.41) is 3.76. The number of carbonyl (C=O) groups excluding carboxylic acids is 2. The molecule has 3 rings (SSSR count). The standard InChI is InChI=1S/C24H22ClNO4S/c1-4-8-16-9-5-6-12-19(16)30-14-20(27)26-23-22(24(28)29-3)21(15(2)31-23)17-10-7-11-18(25)13-17/h4-7,9-13H,1,8,14H2,2-3H3,(H,26,27). The summed E-state index contributed by atoms with van der Waals surface area (Å²) in [6, 6.07) is 14.7. The quantitative estimate of drug-likeness (QED) is 0.338. The van der Waals surface area contributed by atoms with Crippen LogP contribution in [0.3, 0.4) is 0 Å². The molecule has 1 heterocycles.